The van der Waals surface area contributed by atoms with Gasteiger partial charge in [-0.15, -0.1) is 10.2 Å². The summed E-state index contributed by atoms with van der Waals surface area (Å²) in [5, 5.41) is 13.2. The van der Waals surface area contributed by atoms with E-state index in [1.807, 2.05) is 41.7 Å². The first kappa shape index (κ1) is 17.3. The Hall–Kier alpha value is -3.80. The predicted molar refractivity (Wildman–Crippen MR) is 112 cm³/mol. The molecule has 0 spiro atoms. The number of hydrogen-bond acceptors (Lipinski definition) is 4. The maximum absolute atomic E-state index is 13.4. The number of rotatable bonds is 4. The molecule has 2 aromatic heterocycles. The van der Waals surface area contributed by atoms with Crippen LogP contribution in [-0.4, -0.2) is 19.6 Å². The van der Waals surface area contributed by atoms with Gasteiger partial charge in [0.2, 0.25) is 5.95 Å². The van der Waals surface area contributed by atoms with Crippen molar-refractivity contribution < 1.29 is 4.39 Å². The molecule has 0 atom stereocenters. The Morgan fingerprint density at radius 3 is 2.52 bits per heavy atom. The van der Waals surface area contributed by atoms with E-state index < -0.39 is 0 Å². The van der Waals surface area contributed by atoms with E-state index >= 15 is 0 Å². The van der Waals surface area contributed by atoms with E-state index in [1.165, 1.54) is 12.1 Å². The highest BCUT2D eigenvalue weighted by Crippen LogP contribution is 2.27. The fourth-order valence-electron chi connectivity index (χ4n) is 3.43. The fraction of sp³-hybridized carbons (Fsp3) is 0.0870. The van der Waals surface area contributed by atoms with Crippen LogP contribution in [0, 0.1) is 12.7 Å². The van der Waals surface area contributed by atoms with Gasteiger partial charge in [0.25, 0.3) is 0 Å². The summed E-state index contributed by atoms with van der Waals surface area (Å²) < 4.78 is 15.3. The number of anilines is 1. The highest BCUT2D eigenvalue weighted by molar-refractivity contribution is 5.93. The molecule has 5 nitrogen and oxygen atoms in total. The largest absolute Gasteiger partial charge is 0.351 e. The first-order chi connectivity index (χ1) is 14.2. The maximum Gasteiger partial charge on any atom is 0.211 e. The molecule has 0 amide bonds. The summed E-state index contributed by atoms with van der Waals surface area (Å²) in [6, 6.07) is 22.4. The molecule has 0 aliphatic carbocycles. The number of benzene rings is 3. The molecule has 3 aromatic carbocycles. The van der Waals surface area contributed by atoms with E-state index in [4.69, 9.17) is 4.98 Å². The Balaban J connectivity index is 1.70. The van der Waals surface area contributed by atoms with Crippen LogP contribution in [0.25, 0.3) is 27.9 Å². The van der Waals surface area contributed by atoms with Crippen LogP contribution >= 0.6 is 0 Å². The highest BCUT2D eigenvalue weighted by Gasteiger charge is 2.16. The van der Waals surface area contributed by atoms with Gasteiger partial charge in [0.1, 0.15) is 5.82 Å². The molecule has 29 heavy (non-hydrogen) atoms. The van der Waals surface area contributed by atoms with E-state index in [0.717, 1.165) is 27.6 Å². The van der Waals surface area contributed by atoms with Gasteiger partial charge in [-0.1, -0.05) is 42.0 Å². The van der Waals surface area contributed by atoms with Crippen LogP contribution in [0.1, 0.15) is 11.1 Å². The molecular formula is C23H18FN5. The monoisotopic (exact) mass is 383 g/mol. The van der Waals surface area contributed by atoms with Crippen LogP contribution in [0.15, 0.2) is 72.8 Å². The lowest BCUT2D eigenvalue weighted by molar-refractivity contribution is 0.628. The van der Waals surface area contributed by atoms with Crippen molar-refractivity contribution in [2.75, 3.05) is 5.32 Å². The summed E-state index contributed by atoms with van der Waals surface area (Å²) in [5.41, 5.74) is 4.60. The van der Waals surface area contributed by atoms with Crippen LogP contribution in [0.3, 0.4) is 0 Å². The molecule has 0 unspecified atom stereocenters. The summed E-state index contributed by atoms with van der Waals surface area (Å²) in [4.78, 5) is 4.83. The first-order valence-electron chi connectivity index (χ1n) is 9.38. The second kappa shape index (κ2) is 6.98. The topological polar surface area (TPSA) is 55.1 Å². The van der Waals surface area contributed by atoms with Gasteiger partial charge in [0, 0.05) is 17.5 Å². The minimum absolute atomic E-state index is 0.288. The van der Waals surface area contributed by atoms with Gasteiger partial charge < -0.3 is 5.32 Å². The fourth-order valence-corrected chi connectivity index (χ4v) is 3.43. The Labute approximate surface area is 166 Å². The van der Waals surface area contributed by atoms with Gasteiger partial charge in [-0.2, -0.15) is 0 Å². The molecule has 0 aliphatic heterocycles. The van der Waals surface area contributed by atoms with Crippen molar-refractivity contribution >= 4 is 22.5 Å². The van der Waals surface area contributed by atoms with Gasteiger partial charge >= 0.3 is 0 Å². The quantitative estimate of drug-likeness (QED) is 0.474. The van der Waals surface area contributed by atoms with Crippen LogP contribution in [-0.2, 0) is 6.54 Å². The molecule has 1 N–H and O–H groups in total. The third-order valence-electron chi connectivity index (χ3n) is 4.89. The molecule has 0 bridgehead atoms. The van der Waals surface area contributed by atoms with Crippen molar-refractivity contribution in [3.8, 4) is 11.4 Å². The number of hydrogen-bond donors (Lipinski definition) is 1. The Morgan fingerprint density at radius 1 is 0.931 bits per heavy atom. The van der Waals surface area contributed by atoms with Crippen LogP contribution in [0.4, 0.5) is 10.3 Å². The number of fused-ring (bicyclic) bond motifs is 3. The van der Waals surface area contributed by atoms with Gasteiger partial charge in [0.05, 0.1) is 5.52 Å². The lowest BCUT2D eigenvalue weighted by atomic mass is 10.1. The normalized spacial score (nSPS) is 11.2. The predicted octanol–water partition coefficient (Wildman–Crippen LogP) is 5.00. The molecular weight excluding hydrogens is 365 g/mol. The van der Waals surface area contributed by atoms with Gasteiger partial charge in [-0.25, -0.2) is 13.8 Å². The van der Waals surface area contributed by atoms with Gasteiger partial charge in [-0.3, -0.25) is 0 Å². The average Bonchev–Trinajstić information content (AvgIpc) is 3.19. The molecule has 0 fully saturated rings. The lowest BCUT2D eigenvalue weighted by Crippen LogP contribution is -2.08. The average molecular weight is 383 g/mol. The zero-order valence-corrected chi connectivity index (χ0v) is 15.8. The number of halogens is 1. The van der Waals surface area contributed by atoms with E-state index in [9.17, 15) is 4.39 Å². The Kier molecular flexibility index (Phi) is 4.17. The minimum atomic E-state index is -0.288. The van der Waals surface area contributed by atoms with E-state index in [0.29, 0.717) is 24.0 Å². The smallest absolute Gasteiger partial charge is 0.211 e. The van der Waals surface area contributed by atoms with Crippen molar-refractivity contribution in [1.82, 2.24) is 19.6 Å². The third kappa shape index (κ3) is 3.18. The zero-order chi connectivity index (χ0) is 19.8. The van der Waals surface area contributed by atoms with Crippen LogP contribution in [0.2, 0.25) is 0 Å². The molecule has 5 rings (SSSR count). The SMILES string of the molecule is Cc1ccc2nc(NCc3ccccc3)n3c(-c4ccc(F)cc4)nnc3c2c1. The molecule has 6 heteroatoms. The molecule has 5 aromatic rings. The third-order valence-corrected chi connectivity index (χ3v) is 4.89. The van der Waals surface area contributed by atoms with Gasteiger partial charge in [0.15, 0.2) is 11.5 Å². The summed E-state index contributed by atoms with van der Waals surface area (Å²) >= 11 is 0. The standard InChI is InChI=1S/C23H18FN5/c1-15-7-12-20-19(13-15)22-28-27-21(17-8-10-18(24)11-9-17)29(22)23(26-20)25-14-16-5-3-2-4-6-16/h2-13H,14H2,1H3,(H,25,26). The summed E-state index contributed by atoms with van der Waals surface area (Å²) in [6.45, 7) is 2.65. The summed E-state index contributed by atoms with van der Waals surface area (Å²) in [6.07, 6.45) is 0. The number of nitrogens with one attached hydrogen (secondary N) is 1. The summed E-state index contributed by atoms with van der Waals surface area (Å²) in [7, 11) is 0. The second-order valence-corrected chi connectivity index (χ2v) is 6.98. The molecule has 0 saturated heterocycles. The first-order valence-corrected chi connectivity index (χ1v) is 9.38. The molecule has 0 radical (unpaired) electrons. The molecule has 142 valence electrons. The maximum atomic E-state index is 13.4. The number of aromatic nitrogens is 4. The van der Waals surface area contributed by atoms with Crippen molar-refractivity contribution in [2.45, 2.75) is 13.5 Å². The summed E-state index contributed by atoms with van der Waals surface area (Å²) in [5.74, 6) is 0.972. The number of aryl methyl sites for hydroxylation is 1. The van der Waals surface area contributed by atoms with Crippen molar-refractivity contribution in [1.29, 1.82) is 0 Å². The molecule has 2 heterocycles. The van der Waals surface area contributed by atoms with Crippen molar-refractivity contribution in [3.63, 3.8) is 0 Å². The Bertz CT molecular complexity index is 1310. The van der Waals surface area contributed by atoms with Crippen molar-refractivity contribution in [2.24, 2.45) is 0 Å². The van der Waals surface area contributed by atoms with E-state index in [2.05, 4.69) is 33.7 Å². The zero-order valence-electron chi connectivity index (χ0n) is 15.8. The Morgan fingerprint density at radius 2 is 1.72 bits per heavy atom. The lowest BCUT2D eigenvalue weighted by Gasteiger charge is -2.12. The van der Waals surface area contributed by atoms with E-state index in [1.54, 1.807) is 12.1 Å². The molecule has 0 saturated carbocycles. The van der Waals surface area contributed by atoms with Gasteiger partial charge in [-0.05, 0) is 48.9 Å². The minimum Gasteiger partial charge on any atom is -0.351 e. The highest BCUT2D eigenvalue weighted by atomic mass is 19.1. The van der Waals surface area contributed by atoms with Crippen molar-refractivity contribution in [3.05, 3.63) is 89.7 Å². The van der Waals surface area contributed by atoms with Crippen LogP contribution in [0.5, 0.6) is 0 Å². The van der Waals surface area contributed by atoms with E-state index in [-0.39, 0.29) is 5.82 Å². The molecule has 0 aliphatic rings. The van der Waals surface area contributed by atoms with Crippen LogP contribution < -0.4 is 5.32 Å². The number of nitrogens with zero attached hydrogens (tertiary/aromatic N) is 4. The second-order valence-electron chi connectivity index (χ2n) is 6.98.